The lowest BCUT2D eigenvalue weighted by atomic mass is 10.0. The summed E-state index contributed by atoms with van der Waals surface area (Å²) in [7, 11) is 0. The number of aliphatic hydroxyl groups excluding tert-OH is 2. The van der Waals surface area contributed by atoms with Crippen molar-refractivity contribution in [1.82, 2.24) is 20.4 Å². The van der Waals surface area contributed by atoms with Crippen LogP contribution in [0.15, 0.2) is 48.5 Å². The van der Waals surface area contributed by atoms with E-state index in [4.69, 9.17) is 11.1 Å². The van der Waals surface area contributed by atoms with Crippen LogP contribution in [0.3, 0.4) is 0 Å². The van der Waals surface area contributed by atoms with Gasteiger partial charge in [-0.1, -0.05) is 24.3 Å². The van der Waals surface area contributed by atoms with Crippen molar-refractivity contribution >= 4 is 23.7 Å². The second-order valence-electron chi connectivity index (χ2n) is 11.1. The predicted molar refractivity (Wildman–Crippen MR) is 157 cm³/mol. The molecular weight excluding hydrogens is 556 g/mol. The Morgan fingerprint density at radius 2 is 1.51 bits per heavy atom. The largest absolute Gasteiger partial charge is 0.508 e. The second kappa shape index (κ2) is 14.2. The number of phenolic OH excluding ortho intramolecular Hbond substituents is 2. The number of rotatable bonds is 10. The predicted octanol–water partition coefficient (Wildman–Crippen LogP) is -0.0977. The van der Waals surface area contributed by atoms with Gasteiger partial charge in [0.15, 0.2) is 5.96 Å². The highest BCUT2D eigenvalue weighted by molar-refractivity contribution is 5.93. The SMILES string of the molecule is N=C(N)N1CCC[C@@H](NC(=O)[C@@H]2CCCN2C(=O)[C@@H](Cc2ccc(O)cc2)NC(=O)C(O)CCc2ccc(O)cc2)C1O. The van der Waals surface area contributed by atoms with Gasteiger partial charge in [-0.05, 0) is 73.9 Å². The van der Waals surface area contributed by atoms with E-state index in [0.29, 0.717) is 44.2 Å². The number of hydrogen-bond donors (Lipinski definition) is 8. The Morgan fingerprint density at radius 3 is 2.14 bits per heavy atom. The standard InChI is InChI=1S/C30H40N6O7/c31-30(32)36-16-1-3-22(28(36)42)33-26(40)24-4-2-15-35(24)29(43)23(17-19-7-12-21(38)13-8-19)34-27(41)25(39)14-9-18-5-10-20(37)11-6-18/h5-8,10-13,22-25,28,37-39,42H,1-4,9,14-17H2,(H3,31,32)(H,33,40)(H,34,41)/t22-,23-,24+,25?,28?/m1/s1. The normalized spacial score (nSPS) is 21.6. The van der Waals surface area contributed by atoms with Gasteiger partial charge in [0.05, 0.1) is 6.04 Å². The van der Waals surface area contributed by atoms with Crippen LogP contribution in [0, 0.1) is 5.41 Å². The summed E-state index contributed by atoms with van der Waals surface area (Å²) < 4.78 is 0. The molecule has 4 rings (SSSR count). The topological polar surface area (TPSA) is 213 Å². The third kappa shape index (κ3) is 8.14. The van der Waals surface area contributed by atoms with Crippen LogP contribution < -0.4 is 16.4 Å². The zero-order valence-electron chi connectivity index (χ0n) is 23.9. The van der Waals surface area contributed by atoms with Gasteiger partial charge in [0.2, 0.25) is 17.7 Å². The van der Waals surface area contributed by atoms with Gasteiger partial charge in [-0.2, -0.15) is 0 Å². The number of guanidine groups is 1. The number of aryl methyl sites for hydroxylation is 1. The van der Waals surface area contributed by atoms with Crippen LogP contribution in [-0.4, -0.2) is 97.5 Å². The van der Waals surface area contributed by atoms with Crippen LogP contribution in [0.2, 0.25) is 0 Å². The molecule has 2 aromatic rings. The molecule has 0 radical (unpaired) electrons. The van der Waals surface area contributed by atoms with Crippen LogP contribution >= 0.6 is 0 Å². The molecule has 13 heteroatoms. The number of aromatic hydroxyl groups is 2. The second-order valence-corrected chi connectivity index (χ2v) is 11.1. The molecule has 5 atom stereocenters. The number of carbonyl (C=O) groups excluding carboxylic acids is 3. The third-order valence-electron chi connectivity index (χ3n) is 8.01. The molecule has 2 fully saturated rings. The molecule has 0 aliphatic carbocycles. The number of aliphatic hydroxyl groups is 2. The van der Waals surface area contributed by atoms with Crippen molar-refractivity contribution in [3.8, 4) is 11.5 Å². The Kier molecular flexibility index (Phi) is 10.4. The maximum Gasteiger partial charge on any atom is 0.249 e. The number of phenols is 2. The van der Waals surface area contributed by atoms with Crippen LogP contribution in [0.25, 0.3) is 0 Å². The van der Waals surface area contributed by atoms with Crippen molar-refractivity contribution < 1.29 is 34.8 Å². The van der Waals surface area contributed by atoms with Crippen molar-refractivity contribution in [2.45, 2.75) is 75.4 Å². The van der Waals surface area contributed by atoms with E-state index in [9.17, 15) is 34.8 Å². The lowest BCUT2D eigenvalue weighted by molar-refractivity contribution is -0.143. The van der Waals surface area contributed by atoms with Crippen molar-refractivity contribution in [2.75, 3.05) is 13.1 Å². The van der Waals surface area contributed by atoms with E-state index in [1.165, 1.54) is 34.1 Å². The smallest absolute Gasteiger partial charge is 0.249 e. The highest BCUT2D eigenvalue weighted by Gasteiger charge is 2.40. The van der Waals surface area contributed by atoms with Gasteiger partial charge < -0.3 is 46.6 Å². The van der Waals surface area contributed by atoms with Crippen LogP contribution in [0.1, 0.15) is 43.2 Å². The summed E-state index contributed by atoms with van der Waals surface area (Å²) in [6.07, 6.45) is 0.0145. The van der Waals surface area contributed by atoms with Gasteiger partial charge in [0, 0.05) is 19.5 Å². The first-order chi connectivity index (χ1) is 20.5. The van der Waals surface area contributed by atoms with Crippen molar-refractivity contribution in [1.29, 1.82) is 5.41 Å². The van der Waals surface area contributed by atoms with E-state index in [2.05, 4.69) is 10.6 Å². The van der Waals surface area contributed by atoms with Crippen molar-refractivity contribution in [2.24, 2.45) is 5.73 Å². The summed E-state index contributed by atoms with van der Waals surface area (Å²) in [6.45, 7) is 0.686. The first kappa shape index (κ1) is 31.6. The maximum absolute atomic E-state index is 13.9. The molecule has 232 valence electrons. The average Bonchev–Trinajstić information content (AvgIpc) is 3.48. The Hall–Kier alpha value is -4.36. The summed E-state index contributed by atoms with van der Waals surface area (Å²) in [5.41, 5.74) is 7.04. The number of nitrogens with one attached hydrogen (secondary N) is 3. The molecule has 0 bridgehead atoms. The maximum atomic E-state index is 13.9. The van der Waals surface area contributed by atoms with Gasteiger partial charge in [-0.25, -0.2) is 0 Å². The highest BCUT2D eigenvalue weighted by Crippen LogP contribution is 2.22. The molecule has 3 amide bonds. The minimum Gasteiger partial charge on any atom is -0.508 e. The minimum absolute atomic E-state index is 0.0461. The van der Waals surface area contributed by atoms with Gasteiger partial charge >= 0.3 is 0 Å². The Bertz CT molecular complexity index is 1290. The summed E-state index contributed by atoms with van der Waals surface area (Å²) in [5, 5.41) is 53.5. The number of nitrogens with zero attached hydrogens (tertiary/aromatic N) is 2. The van der Waals surface area contributed by atoms with E-state index in [0.717, 1.165) is 5.56 Å². The summed E-state index contributed by atoms with van der Waals surface area (Å²) in [5.74, 6) is -1.79. The van der Waals surface area contributed by atoms with E-state index < -0.39 is 48.2 Å². The summed E-state index contributed by atoms with van der Waals surface area (Å²) >= 11 is 0. The molecule has 2 saturated heterocycles. The van der Waals surface area contributed by atoms with E-state index in [1.807, 2.05) is 0 Å². The van der Waals surface area contributed by atoms with Crippen LogP contribution in [0.4, 0.5) is 0 Å². The fraction of sp³-hybridized carbons (Fsp3) is 0.467. The van der Waals surface area contributed by atoms with E-state index in [1.54, 1.807) is 24.3 Å². The van der Waals surface area contributed by atoms with Gasteiger partial charge in [0.25, 0.3) is 0 Å². The zero-order chi connectivity index (χ0) is 31.1. The number of likely N-dealkylation sites (tertiary alicyclic amines) is 2. The van der Waals surface area contributed by atoms with Crippen LogP contribution in [-0.2, 0) is 27.2 Å². The number of carbonyl (C=O) groups is 3. The average molecular weight is 597 g/mol. The molecule has 43 heavy (non-hydrogen) atoms. The third-order valence-corrected chi connectivity index (χ3v) is 8.01. The molecule has 2 aliphatic rings. The van der Waals surface area contributed by atoms with Gasteiger partial charge in [-0.3, -0.25) is 19.8 Å². The Labute approximate surface area is 249 Å². The highest BCUT2D eigenvalue weighted by atomic mass is 16.3. The molecule has 9 N–H and O–H groups in total. The number of nitrogens with two attached hydrogens (primary N) is 1. The monoisotopic (exact) mass is 596 g/mol. The molecule has 0 aromatic heterocycles. The first-order valence-electron chi connectivity index (χ1n) is 14.5. The lowest BCUT2D eigenvalue weighted by Crippen LogP contribution is -2.61. The summed E-state index contributed by atoms with van der Waals surface area (Å²) in [4.78, 5) is 43.0. The minimum atomic E-state index is -1.40. The van der Waals surface area contributed by atoms with Gasteiger partial charge in [0.1, 0.15) is 35.9 Å². The lowest BCUT2D eigenvalue weighted by Gasteiger charge is -2.39. The first-order valence-corrected chi connectivity index (χ1v) is 14.5. The van der Waals surface area contributed by atoms with Crippen molar-refractivity contribution in [3.05, 3.63) is 59.7 Å². The Balaban J connectivity index is 1.45. The number of amides is 3. The molecule has 2 aromatic carbocycles. The molecule has 0 saturated carbocycles. The number of hydrogen-bond acceptors (Lipinski definition) is 8. The van der Waals surface area contributed by atoms with Crippen LogP contribution in [0.5, 0.6) is 11.5 Å². The van der Waals surface area contributed by atoms with Crippen molar-refractivity contribution in [3.63, 3.8) is 0 Å². The van der Waals surface area contributed by atoms with E-state index in [-0.39, 0.29) is 36.8 Å². The fourth-order valence-electron chi connectivity index (χ4n) is 5.60. The molecule has 2 unspecified atom stereocenters. The fourth-order valence-corrected chi connectivity index (χ4v) is 5.60. The van der Waals surface area contributed by atoms with Gasteiger partial charge in [-0.15, -0.1) is 0 Å². The Morgan fingerprint density at radius 1 is 0.930 bits per heavy atom. The molecular formula is C30H40N6O7. The number of benzene rings is 2. The quantitative estimate of drug-likeness (QED) is 0.136. The zero-order valence-corrected chi connectivity index (χ0v) is 23.9. The molecule has 2 heterocycles. The molecule has 0 spiro atoms. The molecule has 13 nitrogen and oxygen atoms in total. The van der Waals surface area contributed by atoms with E-state index >= 15 is 0 Å². The number of piperidine rings is 1. The molecule has 2 aliphatic heterocycles. The summed E-state index contributed by atoms with van der Waals surface area (Å²) in [6, 6.07) is 10.0.